The summed E-state index contributed by atoms with van der Waals surface area (Å²) < 4.78 is 0. The highest BCUT2D eigenvalue weighted by molar-refractivity contribution is 5.80. The van der Waals surface area contributed by atoms with E-state index in [1.54, 1.807) is 0 Å². The van der Waals surface area contributed by atoms with Crippen LogP contribution in [0.5, 0.6) is 0 Å². The van der Waals surface area contributed by atoms with Gasteiger partial charge in [0.15, 0.2) is 0 Å². The fraction of sp³-hybridized carbons (Fsp3) is 0.846. The first kappa shape index (κ1) is 13.0. The third-order valence-electron chi connectivity index (χ3n) is 3.76. The molecule has 0 radical (unpaired) electrons. The minimum absolute atomic E-state index is 0.0879. The molecule has 1 amide bonds. The van der Waals surface area contributed by atoms with E-state index in [0.717, 1.165) is 25.7 Å². The third kappa shape index (κ3) is 2.98. The van der Waals surface area contributed by atoms with Crippen LogP contribution < -0.4 is 5.32 Å². The lowest BCUT2D eigenvalue weighted by Crippen LogP contribution is -2.49. The fourth-order valence-corrected chi connectivity index (χ4v) is 2.32. The summed E-state index contributed by atoms with van der Waals surface area (Å²) in [5, 5.41) is 12.1. The van der Waals surface area contributed by atoms with Crippen LogP contribution in [0, 0.1) is 17.2 Å². The molecule has 0 aliphatic heterocycles. The van der Waals surface area contributed by atoms with E-state index in [2.05, 4.69) is 11.4 Å². The van der Waals surface area contributed by atoms with Crippen molar-refractivity contribution < 1.29 is 4.79 Å². The Morgan fingerprint density at radius 2 is 1.88 bits per heavy atom. The molecule has 0 spiro atoms. The predicted octanol–water partition coefficient (Wildman–Crippen LogP) is 2.77. The van der Waals surface area contributed by atoms with Crippen molar-refractivity contribution in [3.63, 3.8) is 0 Å². The van der Waals surface area contributed by atoms with Crippen LogP contribution in [-0.2, 0) is 4.79 Å². The highest BCUT2D eigenvalue weighted by Gasteiger charge is 2.31. The Kier molecular flexibility index (Phi) is 4.79. The summed E-state index contributed by atoms with van der Waals surface area (Å²) in [5.74, 6) is 0.226. The van der Waals surface area contributed by atoms with Crippen molar-refractivity contribution in [3.05, 3.63) is 0 Å². The average molecular weight is 222 g/mol. The van der Waals surface area contributed by atoms with Crippen LogP contribution in [-0.4, -0.2) is 11.4 Å². The van der Waals surface area contributed by atoms with Gasteiger partial charge in [-0.3, -0.25) is 4.79 Å². The quantitative estimate of drug-likeness (QED) is 0.795. The molecule has 16 heavy (non-hydrogen) atoms. The SMILES string of the molecule is CCC(C#N)(CC)NC(=O)C1CCCCC1. The molecule has 0 heterocycles. The van der Waals surface area contributed by atoms with Gasteiger partial charge in [0.25, 0.3) is 0 Å². The van der Waals surface area contributed by atoms with E-state index >= 15 is 0 Å². The average Bonchev–Trinajstić information content (AvgIpc) is 2.37. The van der Waals surface area contributed by atoms with Crippen LogP contribution in [0.1, 0.15) is 58.8 Å². The molecular weight excluding hydrogens is 200 g/mol. The second-order valence-corrected chi connectivity index (χ2v) is 4.73. The van der Waals surface area contributed by atoms with E-state index in [0.29, 0.717) is 12.8 Å². The van der Waals surface area contributed by atoms with Crippen LogP contribution in [0.3, 0.4) is 0 Å². The van der Waals surface area contributed by atoms with Crippen molar-refractivity contribution in [3.8, 4) is 6.07 Å². The smallest absolute Gasteiger partial charge is 0.224 e. The molecule has 1 aliphatic carbocycles. The van der Waals surface area contributed by atoms with Gasteiger partial charge in [-0.15, -0.1) is 0 Å². The first-order valence-electron chi connectivity index (χ1n) is 6.40. The Morgan fingerprint density at radius 1 is 1.31 bits per heavy atom. The molecule has 0 saturated heterocycles. The Balaban J connectivity index is 2.57. The normalized spacial score (nSPS) is 17.8. The molecule has 1 fully saturated rings. The van der Waals surface area contributed by atoms with Crippen molar-refractivity contribution >= 4 is 5.91 Å². The van der Waals surface area contributed by atoms with Gasteiger partial charge in [0.2, 0.25) is 5.91 Å². The highest BCUT2D eigenvalue weighted by Crippen LogP contribution is 2.25. The number of nitriles is 1. The first-order chi connectivity index (χ1) is 7.67. The molecule has 1 saturated carbocycles. The second kappa shape index (κ2) is 5.89. The largest absolute Gasteiger partial charge is 0.338 e. The summed E-state index contributed by atoms with van der Waals surface area (Å²) in [6, 6.07) is 2.25. The minimum atomic E-state index is -0.644. The van der Waals surface area contributed by atoms with Crippen LogP contribution >= 0.6 is 0 Å². The summed E-state index contributed by atoms with van der Waals surface area (Å²) in [5.41, 5.74) is -0.644. The van der Waals surface area contributed by atoms with Crippen molar-refractivity contribution in [1.29, 1.82) is 5.26 Å². The molecule has 0 bridgehead atoms. The van der Waals surface area contributed by atoms with Gasteiger partial charge in [-0.25, -0.2) is 0 Å². The summed E-state index contributed by atoms with van der Waals surface area (Å²) in [6.45, 7) is 3.90. The van der Waals surface area contributed by atoms with Gasteiger partial charge >= 0.3 is 0 Å². The van der Waals surface area contributed by atoms with Crippen LogP contribution in [0.2, 0.25) is 0 Å². The Labute approximate surface area is 98.2 Å². The van der Waals surface area contributed by atoms with Crippen molar-refractivity contribution in [2.45, 2.75) is 64.3 Å². The van der Waals surface area contributed by atoms with Gasteiger partial charge < -0.3 is 5.32 Å². The van der Waals surface area contributed by atoms with Gasteiger partial charge in [0.1, 0.15) is 5.54 Å². The summed E-state index contributed by atoms with van der Waals surface area (Å²) in [7, 11) is 0. The van der Waals surface area contributed by atoms with Crippen molar-refractivity contribution in [2.75, 3.05) is 0 Å². The molecule has 0 aromatic rings. The highest BCUT2D eigenvalue weighted by atomic mass is 16.2. The number of nitrogens with one attached hydrogen (secondary N) is 1. The number of nitrogens with zero attached hydrogens (tertiary/aromatic N) is 1. The molecule has 1 rings (SSSR count). The van der Waals surface area contributed by atoms with Gasteiger partial charge in [-0.2, -0.15) is 5.26 Å². The van der Waals surface area contributed by atoms with E-state index in [1.165, 1.54) is 6.42 Å². The topological polar surface area (TPSA) is 52.9 Å². The van der Waals surface area contributed by atoms with Crippen LogP contribution in [0.4, 0.5) is 0 Å². The third-order valence-corrected chi connectivity index (χ3v) is 3.76. The summed E-state index contributed by atoms with van der Waals surface area (Å²) >= 11 is 0. The lowest BCUT2D eigenvalue weighted by Gasteiger charge is -2.29. The maximum absolute atomic E-state index is 12.0. The van der Waals surface area contributed by atoms with Crippen molar-refractivity contribution in [2.24, 2.45) is 5.92 Å². The lowest BCUT2D eigenvalue weighted by molar-refractivity contribution is -0.127. The predicted molar refractivity (Wildman–Crippen MR) is 63.6 cm³/mol. The van der Waals surface area contributed by atoms with E-state index in [-0.39, 0.29) is 11.8 Å². The monoisotopic (exact) mass is 222 g/mol. The minimum Gasteiger partial charge on any atom is -0.338 e. The van der Waals surface area contributed by atoms with Crippen LogP contribution in [0.25, 0.3) is 0 Å². The zero-order valence-electron chi connectivity index (χ0n) is 10.4. The Hall–Kier alpha value is -1.04. The zero-order chi connectivity index (χ0) is 12.0. The molecule has 1 aliphatic rings. The van der Waals surface area contributed by atoms with Crippen LogP contribution in [0.15, 0.2) is 0 Å². The molecule has 3 heteroatoms. The summed E-state index contributed by atoms with van der Waals surface area (Å²) in [6.07, 6.45) is 6.87. The molecule has 1 N–H and O–H groups in total. The summed E-state index contributed by atoms with van der Waals surface area (Å²) in [4.78, 5) is 12.0. The van der Waals surface area contributed by atoms with E-state index in [4.69, 9.17) is 5.26 Å². The molecule has 0 aromatic heterocycles. The molecule has 0 unspecified atom stereocenters. The Morgan fingerprint density at radius 3 is 2.31 bits per heavy atom. The van der Waals surface area contributed by atoms with Gasteiger partial charge in [0.05, 0.1) is 6.07 Å². The van der Waals surface area contributed by atoms with E-state index in [1.807, 2.05) is 13.8 Å². The van der Waals surface area contributed by atoms with Gasteiger partial charge in [-0.05, 0) is 25.7 Å². The maximum atomic E-state index is 12.0. The number of amides is 1. The van der Waals surface area contributed by atoms with Crippen molar-refractivity contribution in [1.82, 2.24) is 5.32 Å². The number of hydrogen-bond acceptors (Lipinski definition) is 2. The molecule has 0 aromatic carbocycles. The van der Waals surface area contributed by atoms with E-state index < -0.39 is 5.54 Å². The number of rotatable bonds is 4. The second-order valence-electron chi connectivity index (χ2n) is 4.73. The molecule has 90 valence electrons. The molecular formula is C13H22N2O. The van der Waals surface area contributed by atoms with Gasteiger partial charge in [0, 0.05) is 5.92 Å². The lowest BCUT2D eigenvalue weighted by atomic mass is 9.87. The molecule has 3 nitrogen and oxygen atoms in total. The fourth-order valence-electron chi connectivity index (χ4n) is 2.32. The number of carbonyl (C=O) groups is 1. The zero-order valence-corrected chi connectivity index (χ0v) is 10.4. The maximum Gasteiger partial charge on any atom is 0.224 e. The van der Waals surface area contributed by atoms with E-state index in [9.17, 15) is 4.79 Å². The van der Waals surface area contributed by atoms with Gasteiger partial charge in [-0.1, -0.05) is 33.1 Å². The first-order valence-corrected chi connectivity index (χ1v) is 6.40. The molecule has 0 atom stereocenters. The standard InChI is InChI=1S/C13H22N2O/c1-3-13(4-2,10-14)15-12(16)11-8-6-5-7-9-11/h11H,3-9H2,1-2H3,(H,15,16). The Bertz CT molecular complexity index is 270. The number of hydrogen-bond donors (Lipinski definition) is 1. The number of carbonyl (C=O) groups excluding carboxylic acids is 1.